The molecular weight excluding hydrogens is 298 g/mol. The van der Waals surface area contributed by atoms with Gasteiger partial charge in [-0.25, -0.2) is 4.98 Å². The van der Waals surface area contributed by atoms with Gasteiger partial charge in [0.1, 0.15) is 5.01 Å². The van der Waals surface area contributed by atoms with Gasteiger partial charge < -0.3 is 4.74 Å². The molecule has 0 saturated carbocycles. The van der Waals surface area contributed by atoms with Crippen molar-refractivity contribution in [2.45, 2.75) is 32.4 Å². The van der Waals surface area contributed by atoms with Crippen molar-refractivity contribution in [2.24, 2.45) is 0 Å². The van der Waals surface area contributed by atoms with Crippen LogP contribution in [-0.2, 0) is 21.5 Å². The van der Waals surface area contributed by atoms with Gasteiger partial charge in [-0.2, -0.15) is 17.0 Å². The number of ether oxygens (including phenoxy) is 1. The molecule has 8 heteroatoms. The Kier molecular flexibility index (Phi) is 5.14. The fourth-order valence-electron chi connectivity index (χ4n) is 2.40. The lowest BCUT2D eigenvalue weighted by Crippen LogP contribution is -2.45. The second-order valence-corrected chi connectivity index (χ2v) is 7.94. The van der Waals surface area contributed by atoms with Crippen LogP contribution in [0.1, 0.15) is 23.5 Å². The second-order valence-electron chi connectivity index (χ2n) is 5.01. The first-order chi connectivity index (χ1) is 9.45. The number of methoxy groups -OCH3 is 1. The van der Waals surface area contributed by atoms with Gasteiger partial charge in [-0.1, -0.05) is 0 Å². The molecule has 0 aromatic carbocycles. The molecule has 0 radical (unpaired) electrons. The van der Waals surface area contributed by atoms with Crippen molar-refractivity contribution in [3.63, 3.8) is 0 Å². The molecule has 1 aromatic rings. The molecule has 1 fully saturated rings. The summed E-state index contributed by atoms with van der Waals surface area (Å²) >= 11 is 1.49. The van der Waals surface area contributed by atoms with Gasteiger partial charge in [0.05, 0.1) is 13.2 Å². The fraction of sp³-hybridized carbons (Fsp3) is 0.750. The quantitative estimate of drug-likeness (QED) is 0.791. The highest BCUT2D eigenvalue weighted by atomic mass is 32.2. The zero-order valence-electron chi connectivity index (χ0n) is 12.1. The molecule has 0 aliphatic carbocycles. The minimum atomic E-state index is -3.45. The fourth-order valence-corrected chi connectivity index (χ4v) is 4.85. The summed E-state index contributed by atoms with van der Waals surface area (Å²) in [7, 11) is -0.238. The third-order valence-corrected chi connectivity index (χ3v) is 6.34. The van der Waals surface area contributed by atoms with Crippen molar-refractivity contribution in [3.05, 3.63) is 16.1 Å². The van der Waals surface area contributed by atoms with Crippen molar-refractivity contribution >= 4 is 21.5 Å². The van der Waals surface area contributed by atoms with Crippen LogP contribution in [0.3, 0.4) is 0 Å². The normalized spacial score (nSPS) is 20.9. The standard InChI is InChI=1S/C12H21N3O3S2/c1-10-9-19-12(13-10)7-14(2)20(16,17)15-6-4-5-11(15)8-18-3/h9,11H,4-8H2,1-3H3/t11-/m1/s1. The lowest BCUT2D eigenvalue weighted by molar-refractivity contribution is 0.146. The Morgan fingerprint density at radius 3 is 2.95 bits per heavy atom. The van der Waals surface area contributed by atoms with Crippen LogP contribution in [0.2, 0.25) is 0 Å². The Balaban J connectivity index is 2.08. The van der Waals surface area contributed by atoms with E-state index in [0.717, 1.165) is 23.5 Å². The van der Waals surface area contributed by atoms with Crippen molar-refractivity contribution in [1.82, 2.24) is 13.6 Å². The average Bonchev–Trinajstić information content (AvgIpc) is 2.99. The van der Waals surface area contributed by atoms with Crippen LogP contribution in [0.5, 0.6) is 0 Å². The van der Waals surface area contributed by atoms with Crippen LogP contribution in [-0.4, -0.2) is 55.4 Å². The van der Waals surface area contributed by atoms with Crippen LogP contribution in [0.4, 0.5) is 0 Å². The molecule has 2 heterocycles. The molecule has 20 heavy (non-hydrogen) atoms. The maximum atomic E-state index is 12.6. The summed E-state index contributed by atoms with van der Waals surface area (Å²) in [5, 5.41) is 2.75. The van der Waals surface area contributed by atoms with E-state index < -0.39 is 10.2 Å². The van der Waals surface area contributed by atoms with E-state index in [-0.39, 0.29) is 6.04 Å². The Bertz CT molecular complexity index is 544. The van der Waals surface area contributed by atoms with Crippen LogP contribution in [0, 0.1) is 6.92 Å². The first kappa shape index (κ1) is 15.8. The third-order valence-electron chi connectivity index (χ3n) is 3.40. The molecule has 1 aliphatic heterocycles. The first-order valence-electron chi connectivity index (χ1n) is 6.58. The van der Waals surface area contributed by atoms with Crippen molar-refractivity contribution in [1.29, 1.82) is 0 Å². The van der Waals surface area contributed by atoms with E-state index in [1.165, 1.54) is 15.6 Å². The number of thiazole rings is 1. The second kappa shape index (κ2) is 6.48. The monoisotopic (exact) mass is 319 g/mol. The summed E-state index contributed by atoms with van der Waals surface area (Å²) in [6, 6.07) is -0.0505. The smallest absolute Gasteiger partial charge is 0.282 e. The molecule has 1 aromatic heterocycles. The molecule has 114 valence electrons. The molecule has 0 amide bonds. The van der Waals surface area contributed by atoms with E-state index >= 15 is 0 Å². The SMILES string of the molecule is COC[C@H]1CCCN1S(=O)(=O)N(C)Cc1nc(C)cs1. The molecule has 0 bridgehead atoms. The van der Waals surface area contributed by atoms with Crippen molar-refractivity contribution < 1.29 is 13.2 Å². The van der Waals surface area contributed by atoms with Gasteiger partial charge in [0.15, 0.2) is 0 Å². The Morgan fingerprint density at radius 2 is 2.35 bits per heavy atom. The molecule has 1 saturated heterocycles. The zero-order chi connectivity index (χ0) is 14.8. The number of rotatable bonds is 6. The lowest BCUT2D eigenvalue weighted by Gasteiger charge is -2.28. The number of hydrogen-bond donors (Lipinski definition) is 0. The van der Waals surface area contributed by atoms with E-state index in [0.29, 0.717) is 19.7 Å². The van der Waals surface area contributed by atoms with E-state index in [9.17, 15) is 8.42 Å². The number of hydrogen-bond acceptors (Lipinski definition) is 5. The molecule has 0 unspecified atom stereocenters. The van der Waals surface area contributed by atoms with Gasteiger partial charge in [-0.15, -0.1) is 11.3 Å². The minimum absolute atomic E-state index is 0.0505. The maximum absolute atomic E-state index is 12.6. The van der Waals surface area contributed by atoms with Gasteiger partial charge in [0, 0.05) is 37.8 Å². The number of aryl methyl sites for hydroxylation is 1. The van der Waals surface area contributed by atoms with Crippen LogP contribution < -0.4 is 0 Å². The van der Waals surface area contributed by atoms with Crippen molar-refractivity contribution in [3.8, 4) is 0 Å². The summed E-state index contributed by atoms with van der Waals surface area (Å²) in [5.41, 5.74) is 0.925. The van der Waals surface area contributed by atoms with Crippen LogP contribution in [0.15, 0.2) is 5.38 Å². The first-order valence-corrected chi connectivity index (χ1v) is 8.86. The molecule has 1 aliphatic rings. The number of aromatic nitrogens is 1. The molecule has 1 atom stereocenters. The predicted molar refractivity (Wildman–Crippen MR) is 78.8 cm³/mol. The summed E-state index contributed by atoms with van der Waals surface area (Å²) in [4.78, 5) is 4.32. The summed E-state index contributed by atoms with van der Waals surface area (Å²) in [6.45, 7) is 3.24. The molecule has 2 rings (SSSR count). The van der Waals surface area contributed by atoms with Gasteiger partial charge in [-0.05, 0) is 19.8 Å². The summed E-state index contributed by atoms with van der Waals surface area (Å²) in [6.07, 6.45) is 1.74. The Labute approximate surface area is 124 Å². The molecule has 6 nitrogen and oxygen atoms in total. The Morgan fingerprint density at radius 1 is 1.60 bits per heavy atom. The third kappa shape index (κ3) is 3.37. The van der Waals surface area contributed by atoms with Gasteiger partial charge >= 0.3 is 0 Å². The predicted octanol–water partition coefficient (Wildman–Crippen LogP) is 1.24. The largest absolute Gasteiger partial charge is 0.383 e. The molecular formula is C12H21N3O3S2. The van der Waals surface area contributed by atoms with Crippen molar-refractivity contribution in [2.75, 3.05) is 27.3 Å². The molecule has 0 spiro atoms. The average molecular weight is 319 g/mol. The minimum Gasteiger partial charge on any atom is -0.383 e. The van der Waals surface area contributed by atoms with E-state index in [1.54, 1.807) is 18.5 Å². The highest BCUT2D eigenvalue weighted by Gasteiger charge is 2.36. The highest BCUT2D eigenvalue weighted by molar-refractivity contribution is 7.86. The zero-order valence-corrected chi connectivity index (χ0v) is 13.7. The van der Waals surface area contributed by atoms with Crippen LogP contribution >= 0.6 is 11.3 Å². The van der Waals surface area contributed by atoms with E-state index in [4.69, 9.17) is 4.74 Å². The van der Waals surface area contributed by atoms with Gasteiger partial charge in [0.25, 0.3) is 10.2 Å². The van der Waals surface area contributed by atoms with Gasteiger partial charge in [0.2, 0.25) is 0 Å². The summed E-state index contributed by atoms with van der Waals surface area (Å²) < 4.78 is 33.2. The maximum Gasteiger partial charge on any atom is 0.282 e. The lowest BCUT2D eigenvalue weighted by atomic mass is 10.2. The Hall–Kier alpha value is -0.540. The summed E-state index contributed by atoms with van der Waals surface area (Å²) in [5.74, 6) is 0. The topological polar surface area (TPSA) is 62.7 Å². The number of nitrogens with zero attached hydrogens (tertiary/aromatic N) is 3. The highest BCUT2D eigenvalue weighted by Crippen LogP contribution is 2.24. The van der Waals surface area contributed by atoms with Crippen LogP contribution in [0.25, 0.3) is 0 Å². The van der Waals surface area contributed by atoms with E-state index in [2.05, 4.69) is 4.98 Å². The van der Waals surface area contributed by atoms with E-state index in [1.807, 2.05) is 12.3 Å². The molecule has 0 N–H and O–H groups in total. The van der Waals surface area contributed by atoms with Gasteiger partial charge in [-0.3, -0.25) is 0 Å².